The van der Waals surface area contributed by atoms with Crippen molar-refractivity contribution in [1.29, 1.82) is 0 Å². The first kappa shape index (κ1) is 12.1. The number of anilines is 1. The van der Waals surface area contributed by atoms with Crippen LogP contribution in [0.2, 0.25) is 5.15 Å². The molecule has 0 saturated heterocycles. The van der Waals surface area contributed by atoms with E-state index in [1.807, 2.05) is 0 Å². The molecule has 2 unspecified atom stereocenters. The molecule has 16 heavy (non-hydrogen) atoms. The predicted octanol–water partition coefficient (Wildman–Crippen LogP) is 3.15. The van der Waals surface area contributed by atoms with Gasteiger partial charge in [0.1, 0.15) is 5.15 Å². The second-order valence-electron chi connectivity index (χ2n) is 4.74. The van der Waals surface area contributed by atoms with Gasteiger partial charge in [-0.3, -0.25) is 0 Å². The fourth-order valence-electron chi connectivity index (χ4n) is 2.50. The molecule has 1 aliphatic rings. The highest BCUT2D eigenvalue weighted by Crippen LogP contribution is 2.35. The molecule has 0 aliphatic heterocycles. The van der Waals surface area contributed by atoms with Crippen LogP contribution in [0.1, 0.15) is 32.6 Å². The molecule has 5 heteroatoms. The number of nitrogens with one attached hydrogen (secondary N) is 1. The van der Waals surface area contributed by atoms with Crippen LogP contribution in [0.3, 0.4) is 0 Å². The van der Waals surface area contributed by atoms with Gasteiger partial charge in [0.25, 0.3) is 0 Å². The Morgan fingerprint density at radius 2 is 2.56 bits per heavy atom. The lowest BCUT2D eigenvalue weighted by molar-refractivity contribution is 0.149. The third-order valence-corrected chi connectivity index (χ3v) is 4.32. The molecule has 0 amide bonds. The second-order valence-corrected chi connectivity index (χ2v) is 5.99. The van der Waals surface area contributed by atoms with Crippen molar-refractivity contribution in [2.45, 2.75) is 38.1 Å². The zero-order valence-corrected chi connectivity index (χ0v) is 10.9. The van der Waals surface area contributed by atoms with Crippen LogP contribution in [-0.4, -0.2) is 22.2 Å². The third kappa shape index (κ3) is 2.67. The van der Waals surface area contributed by atoms with Gasteiger partial charge >= 0.3 is 0 Å². The summed E-state index contributed by atoms with van der Waals surface area (Å²) in [5.74, 6) is 0.656. The van der Waals surface area contributed by atoms with Crippen molar-refractivity contribution in [2.24, 2.45) is 5.92 Å². The van der Waals surface area contributed by atoms with Gasteiger partial charge in [-0.05, 0) is 18.8 Å². The molecule has 90 valence electrons. The van der Waals surface area contributed by atoms with Gasteiger partial charge in [0.05, 0.1) is 12.1 Å². The maximum absolute atomic E-state index is 9.61. The van der Waals surface area contributed by atoms with Crippen LogP contribution in [0.25, 0.3) is 0 Å². The monoisotopic (exact) mass is 260 g/mol. The quantitative estimate of drug-likeness (QED) is 0.878. The Balaban J connectivity index is 2.09. The van der Waals surface area contributed by atoms with E-state index >= 15 is 0 Å². The van der Waals surface area contributed by atoms with Crippen molar-refractivity contribution in [3.63, 3.8) is 0 Å². The summed E-state index contributed by atoms with van der Waals surface area (Å²) in [5, 5.41) is 16.1. The highest BCUT2D eigenvalue weighted by atomic mass is 35.5. The van der Waals surface area contributed by atoms with E-state index in [9.17, 15) is 5.11 Å². The number of nitrogens with zero attached hydrogens (tertiary/aromatic N) is 1. The maximum Gasteiger partial charge on any atom is 0.184 e. The first-order chi connectivity index (χ1) is 7.63. The van der Waals surface area contributed by atoms with Crippen LogP contribution >= 0.6 is 22.9 Å². The molecule has 2 rings (SSSR count). The molecular weight excluding hydrogens is 244 g/mol. The molecule has 2 N–H and O–H groups in total. The minimum atomic E-state index is -0.196. The Morgan fingerprint density at radius 3 is 3.12 bits per heavy atom. The summed E-state index contributed by atoms with van der Waals surface area (Å²) in [7, 11) is 0. The van der Waals surface area contributed by atoms with E-state index in [1.165, 1.54) is 17.8 Å². The molecular formula is C11H17ClN2OS. The van der Waals surface area contributed by atoms with E-state index in [1.54, 1.807) is 5.38 Å². The summed E-state index contributed by atoms with van der Waals surface area (Å²) in [4.78, 5) is 4.18. The van der Waals surface area contributed by atoms with E-state index in [0.717, 1.165) is 24.4 Å². The van der Waals surface area contributed by atoms with Gasteiger partial charge < -0.3 is 10.4 Å². The smallest absolute Gasteiger partial charge is 0.184 e. The standard InChI is InChI=1S/C11H17ClN2OS/c1-8-3-2-4-11(5-8,7-15)14-10-13-9(12)6-16-10/h6,8,15H,2-5,7H2,1H3,(H,13,14). The average Bonchev–Trinajstić information content (AvgIpc) is 2.64. The lowest BCUT2D eigenvalue weighted by Gasteiger charge is -2.39. The lowest BCUT2D eigenvalue weighted by atomic mass is 9.77. The number of hydrogen-bond acceptors (Lipinski definition) is 4. The molecule has 0 bridgehead atoms. The Labute approximate surface area is 105 Å². The Bertz CT molecular complexity index is 358. The molecule has 1 aromatic rings. The molecule has 1 aromatic heterocycles. The Morgan fingerprint density at radius 1 is 1.75 bits per heavy atom. The van der Waals surface area contributed by atoms with E-state index in [2.05, 4.69) is 17.2 Å². The van der Waals surface area contributed by atoms with Gasteiger partial charge in [-0.2, -0.15) is 0 Å². The van der Waals surface area contributed by atoms with Crippen LogP contribution in [0.15, 0.2) is 5.38 Å². The van der Waals surface area contributed by atoms with E-state index < -0.39 is 0 Å². The zero-order valence-electron chi connectivity index (χ0n) is 9.37. The minimum absolute atomic E-state index is 0.161. The fourth-order valence-corrected chi connectivity index (χ4v) is 3.45. The van der Waals surface area contributed by atoms with Gasteiger partial charge in [0.15, 0.2) is 5.13 Å². The van der Waals surface area contributed by atoms with Crippen LogP contribution in [0.5, 0.6) is 0 Å². The summed E-state index contributed by atoms with van der Waals surface area (Å²) < 4.78 is 0. The summed E-state index contributed by atoms with van der Waals surface area (Å²) >= 11 is 7.29. The zero-order chi connectivity index (χ0) is 11.6. The van der Waals surface area contributed by atoms with Crippen LogP contribution in [0.4, 0.5) is 5.13 Å². The van der Waals surface area contributed by atoms with Crippen molar-refractivity contribution in [3.8, 4) is 0 Å². The molecule has 0 radical (unpaired) electrons. The van der Waals surface area contributed by atoms with Crippen molar-refractivity contribution in [2.75, 3.05) is 11.9 Å². The highest BCUT2D eigenvalue weighted by molar-refractivity contribution is 7.14. The Hall–Kier alpha value is -0.320. The van der Waals surface area contributed by atoms with Gasteiger partial charge in [-0.25, -0.2) is 4.98 Å². The molecule has 0 aromatic carbocycles. The topological polar surface area (TPSA) is 45.1 Å². The van der Waals surface area contributed by atoms with Crippen molar-refractivity contribution < 1.29 is 5.11 Å². The number of aromatic nitrogens is 1. The average molecular weight is 261 g/mol. The maximum atomic E-state index is 9.61. The van der Waals surface area contributed by atoms with Crippen LogP contribution < -0.4 is 5.32 Å². The predicted molar refractivity (Wildman–Crippen MR) is 68.2 cm³/mol. The van der Waals surface area contributed by atoms with E-state index in [0.29, 0.717) is 11.1 Å². The molecule has 1 fully saturated rings. The van der Waals surface area contributed by atoms with Gasteiger partial charge in [-0.15, -0.1) is 11.3 Å². The number of aliphatic hydroxyl groups excluding tert-OH is 1. The normalized spacial score (nSPS) is 30.3. The summed E-state index contributed by atoms with van der Waals surface area (Å²) in [6, 6.07) is 0. The van der Waals surface area contributed by atoms with Gasteiger partial charge in [0.2, 0.25) is 0 Å². The number of aliphatic hydroxyl groups is 1. The fraction of sp³-hybridized carbons (Fsp3) is 0.727. The highest BCUT2D eigenvalue weighted by Gasteiger charge is 2.34. The number of thiazole rings is 1. The van der Waals surface area contributed by atoms with Crippen LogP contribution in [0, 0.1) is 5.92 Å². The van der Waals surface area contributed by atoms with Gasteiger partial charge in [-0.1, -0.05) is 31.4 Å². The van der Waals surface area contributed by atoms with E-state index in [-0.39, 0.29) is 12.1 Å². The first-order valence-electron chi connectivity index (χ1n) is 5.64. The summed E-state index contributed by atoms with van der Waals surface area (Å²) in [6.07, 6.45) is 4.42. The van der Waals surface area contributed by atoms with Gasteiger partial charge in [0, 0.05) is 5.38 Å². The van der Waals surface area contributed by atoms with Crippen LogP contribution in [-0.2, 0) is 0 Å². The molecule has 1 saturated carbocycles. The number of rotatable bonds is 3. The van der Waals surface area contributed by atoms with E-state index in [4.69, 9.17) is 11.6 Å². The SMILES string of the molecule is CC1CCCC(CO)(Nc2nc(Cl)cs2)C1. The minimum Gasteiger partial charge on any atom is -0.394 e. The lowest BCUT2D eigenvalue weighted by Crippen LogP contribution is -2.45. The van der Waals surface area contributed by atoms with Crippen molar-refractivity contribution in [3.05, 3.63) is 10.5 Å². The molecule has 3 nitrogen and oxygen atoms in total. The second kappa shape index (κ2) is 4.90. The number of hydrogen-bond donors (Lipinski definition) is 2. The molecule has 2 atom stereocenters. The molecule has 1 heterocycles. The molecule has 1 aliphatic carbocycles. The molecule has 0 spiro atoms. The Kier molecular flexibility index (Phi) is 3.72. The summed E-state index contributed by atoms with van der Waals surface area (Å²) in [5.41, 5.74) is -0.196. The van der Waals surface area contributed by atoms with Crippen molar-refractivity contribution >= 4 is 28.1 Å². The third-order valence-electron chi connectivity index (χ3n) is 3.24. The largest absolute Gasteiger partial charge is 0.394 e. The summed E-state index contributed by atoms with van der Waals surface area (Å²) in [6.45, 7) is 2.40. The first-order valence-corrected chi connectivity index (χ1v) is 6.89. The van der Waals surface area contributed by atoms with Crippen molar-refractivity contribution in [1.82, 2.24) is 4.98 Å². The number of halogens is 1.